The topological polar surface area (TPSA) is 21.6 Å². The molecule has 0 N–H and O–H groups in total. The molecule has 0 radical (unpaired) electrons. The summed E-state index contributed by atoms with van der Waals surface area (Å²) < 4.78 is 6.80. The predicted octanol–water partition coefficient (Wildman–Crippen LogP) is 7.79. The molecule has 1 fully saturated rings. The van der Waals surface area contributed by atoms with Crippen molar-refractivity contribution in [1.29, 1.82) is 0 Å². The summed E-state index contributed by atoms with van der Waals surface area (Å²) in [6, 6.07) is 42.9. The summed E-state index contributed by atoms with van der Waals surface area (Å²) in [5.41, 5.74) is 3.71. The monoisotopic (exact) mass is 475 g/mol. The van der Waals surface area contributed by atoms with Crippen molar-refractivity contribution in [2.75, 3.05) is 0 Å². The summed E-state index contributed by atoms with van der Waals surface area (Å²) in [5, 5.41) is 0. The Morgan fingerprint density at radius 2 is 0.943 bits per heavy atom. The van der Waals surface area contributed by atoms with E-state index < -0.39 is 15.2 Å². The van der Waals surface area contributed by atoms with Gasteiger partial charge < -0.3 is 4.74 Å². The fourth-order valence-electron chi connectivity index (χ4n) is 5.44. The maximum atomic E-state index is 7.19. The van der Waals surface area contributed by atoms with Crippen LogP contribution in [0.1, 0.15) is 43.0 Å². The highest BCUT2D eigenvalue weighted by Gasteiger charge is 2.84. The summed E-state index contributed by atoms with van der Waals surface area (Å²) in [7, 11) is 0. The predicted molar refractivity (Wildman–Crippen MR) is 146 cm³/mol. The van der Waals surface area contributed by atoms with Crippen LogP contribution in [0.15, 0.2) is 126 Å². The molecule has 0 aromatic heterocycles. The highest BCUT2D eigenvalue weighted by atomic mass is 32.2. The van der Waals surface area contributed by atoms with Gasteiger partial charge in [0, 0.05) is 16.5 Å². The molecule has 2 heterocycles. The second-order valence-electron chi connectivity index (χ2n) is 10.3. The Labute approximate surface area is 212 Å². The Morgan fingerprint density at radius 3 is 1.31 bits per heavy atom. The summed E-state index contributed by atoms with van der Waals surface area (Å²) in [5.74, 6) is 0.798. The second kappa shape index (κ2) is 7.86. The molecule has 35 heavy (non-hydrogen) atoms. The SMILES string of the molecule is CC(C)(C)C1=NC2(SC2(c2ccccc2)c2ccccc2)C(c2ccccc2)(c2ccccc2)O1. The lowest BCUT2D eigenvalue weighted by molar-refractivity contribution is 0.0773. The van der Waals surface area contributed by atoms with Gasteiger partial charge in [-0.2, -0.15) is 0 Å². The molecule has 4 aromatic carbocycles. The Bertz CT molecular complexity index is 1280. The molecule has 2 nitrogen and oxygen atoms in total. The maximum Gasteiger partial charge on any atom is 0.197 e. The quantitative estimate of drug-likeness (QED) is 0.281. The van der Waals surface area contributed by atoms with Crippen molar-refractivity contribution in [3.8, 4) is 0 Å². The molecule has 6 rings (SSSR count). The maximum absolute atomic E-state index is 7.19. The Balaban J connectivity index is 1.72. The first-order valence-electron chi connectivity index (χ1n) is 12.2. The van der Waals surface area contributed by atoms with Gasteiger partial charge in [0.2, 0.25) is 0 Å². The number of ether oxygens (including phenoxy) is 1. The summed E-state index contributed by atoms with van der Waals surface area (Å²) in [6.07, 6.45) is 0. The molecule has 0 aliphatic carbocycles. The van der Waals surface area contributed by atoms with Crippen LogP contribution in [0.2, 0.25) is 0 Å². The first-order valence-corrected chi connectivity index (χ1v) is 13.0. The number of hydrogen-bond acceptors (Lipinski definition) is 3. The number of rotatable bonds is 4. The fourth-order valence-corrected chi connectivity index (χ4v) is 7.31. The van der Waals surface area contributed by atoms with E-state index in [1.807, 2.05) is 11.8 Å². The number of benzene rings is 4. The first kappa shape index (κ1) is 22.2. The van der Waals surface area contributed by atoms with E-state index in [0.717, 1.165) is 17.0 Å². The second-order valence-corrected chi connectivity index (χ2v) is 11.7. The molecule has 3 heteroatoms. The van der Waals surface area contributed by atoms with Gasteiger partial charge in [-0.3, -0.25) is 0 Å². The molecule has 0 bridgehead atoms. The molecule has 1 saturated heterocycles. The normalized spacial score (nSPS) is 21.9. The third-order valence-corrected chi connectivity index (χ3v) is 8.93. The lowest BCUT2D eigenvalue weighted by atomic mass is 9.71. The number of hydrogen-bond donors (Lipinski definition) is 0. The lowest BCUT2D eigenvalue weighted by Crippen LogP contribution is -2.45. The van der Waals surface area contributed by atoms with Gasteiger partial charge in [-0.1, -0.05) is 142 Å². The van der Waals surface area contributed by atoms with Gasteiger partial charge in [-0.15, -0.1) is 11.8 Å². The smallest absolute Gasteiger partial charge is 0.197 e. The zero-order valence-corrected chi connectivity index (χ0v) is 21.1. The molecule has 1 unspecified atom stereocenters. The van der Waals surface area contributed by atoms with Crippen LogP contribution in [0.3, 0.4) is 0 Å². The molecule has 174 valence electrons. The molecule has 0 saturated carbocycles. The first-order chi connectivity index (χ1) is 16.9. The van der Waals surface area contributed by atoms with Crippen LogP contribution in [0, 0.1) is 5.41 Å². The van der Waals surface area contributed by atoms with E-state index in [4.69, 9.17) is 9.73 Å². The molecule has 2 aliphatic rings. The van der Waals surface area contributed by atoms with E-state index in [1.165, 1.54) is 11.1 Å². The minimum Gasteiger partial charge on any atom is -0.461 e. The molecule has 2 aliphatic heterocycles. The lowest BCUT2D eigenvalue weighted by Gasteiger charge is -2.37. The van der Waals surface area contributed by atoms with Gasteiger partial charge in [0.1, 0.15) is 4.75 Å². The molecular weight excluding hydrogens is 446 g/mol. The van der Waals surface area contributed by atoms with E-state index in [2.05, 4.69) is 142 Å². The standard InChI is InChI=1S/C32H29NOS/c1-29(2,3)28-33-32(30(34-28,24-16-8-4-9-17-24)25-18-10-5-11-19-25)31(35-32,26-20-12-6-13-21-26)27-22-14-7-15-23-27/h4-23H,1-3H3. The summed E-state index contributed by atoms with van der Waals surface area (Å²) in [4.78, 5) is 4.97. The van der Waals surface area contributed by atoms with Gasteiger partial charge in [0.25, 0.3) is 0 Å². The molecule has 4 aromatic rings. The zero-order valence-electron chi connectivity index (χ0n) is 20.3. The average molecular weight is 476 g/mol. The minimum absolute atomic E-state index is 0.236. The summed E-state index contributed by atoms with van der Waals surface area (Å²) in [6.45, 7) is 6.56. The van der Waals surface area contributed by atoms with Gasteiger partial charge in [-0.25, -0.2) is 4.99 Å². The fraction of sp³-hybridized carbons (Fsp3) is 0.219. The van der Waals surface area contributed by atoms with Crippen molar-refractivity contribution in [3.63, 3.8) is 0 Å². The van der Waals surface area contributed by atoms with E-state index in [0.29, 0.717) is 0 Å². The molecule has 1 spiro atoms. The van der Waals surface area contributed by atoms with E-state index in [9.17, 15) is 0 Å². The molecule has 0 amide bonds. The van der Waals surface area contributed by atoms with Crippen molar-refractivity contribution < 1.29 is 4.74 Å². The van der Waals surface area contributed by atoms with Gasteiger partial charge in [0.15, 0.2) is 16.4 Å². The van der Waals surface area contributed by atoms with Gasteiger partial charge in [0.05, 0.1) is 0 Å². The van der Waals surface area contributed by atoms with Crippen LogP contribution in [-0.4, -0.2) is 10.8 Å². The number of thioether (sulfide) groups is 1. The van der Waals surface area contributed by atoms with Crippen LogP contribution < -0.4 is 0 Å². The molecule has 1 atom stereocenters. The highest BCUT2D eigenvalue weighted by Crippen LogP contribution is 2.82. The van der Waals surface area contributed by atoms with Crippen molar-refractivity contribution in [2.24, 2.45) is 10.4 Å². The average Bonchev–Trinajstić information content (AvgIpc) is 3.45. The van der Waals surface area contributed by atoms with Crippen molar-refractivity contribution in [1.82, 2.24) is 0 Å². The van der Waals surface area contributed by atoms with Crippen LogP contribution in [0.25, 0.3) is 0 Å². The third-order valence-electron chi connectivity index (χ3n) is 7.09. The van der Waals surface area contributed by atoms with Gasteiger partial charge in [-0.05, 0) is 11.1 Å². The highest BCUT2D eigenvalue weighted by molar-refractivity contribution is 8.09. The number of aliphatic imine (C=N–C) groups is 1. The van der Waals surface area contributed by atoms with Gasteiger partial charge >= 0.3 is 0 Å². The van der Waals surface area contributed by atoms with Crippen LogP contribution in [0.4, 0.5) is 0 Å². The van der Waals surface area contributed by atoms with Crippen LogP contribution in [0.5, 0.6) is 0 Å². The van der Waals surface area contributed by atoms with Crippen molar-refractivity contribution in [2.45, 2.75) is 36.0 Å². The van der Waals surface area contributed by atoms with E-state index >= 15 is 0 Å². The Hall–Kier alpha value is -3.30. The largest absolute Gasteiger partial charge is 0.461 e. The van der Waals surface area contributed by atoms with Crippen LogP contribution in [-0.2, 0) is 15.1 Å². The van der Waals surface area contributed by atoms with Crippen molar-refractivity contribution >= 4 is 17.7 Å². The number of nitrogens with zero attached hydrogens (tertiary/aromatic N) is 1. The van der Waals surface area contributed by atoms with E-state index in [1.54, 1.807) is 0 Å². The Morgan fingerprint density at radius 1 is 0.571 bits per heavy atom. The zero-order chi connectivity index (χ0) is 24.2. The Kier molecular flexibility index (Phi) is 4.98. The van der Waals surface area contributed by atoms with Crippen molar-refractivity contribution in [3.05, 3.63) is 144 Å². The van der Waals surface area contributed by atoms with E-state index in [-0.39, 0.29) is 5.41 Å². The molecular formula is C32H29NOS. The third kappa shape index (κ3) is 3.07. The van der Waals surface area contributed by atoms with Crippen LogP contribution >= 0.6 is 11.8 Å². The minimum atomic E-state index is -0.783. The summed E-state index contributed by atoms with van der Waals surface area (Å²) >= 11 is 1.90.